The van der Waals surface area contributed by atoms with Crippen LogP contribution < -0.4 is 5.63 Å². The molecular weight excluding hydrogens is 162 g/mol. The van der Waals surface area contributed by atoms with Crippen molar-refractivity contribution in [2.75, 3.05) is 6.61 Å². The number of ether oxygens (including phenoxy) is 1. The molecule has 0 saturated heterocycles. The highest BCUT2D eigenvalue weighted by Gasteiger charge is 2.14. The van der Waals surface area contributed by atoms with Gasteiger partial charge >= 0.3 is 11.6 Å². The molecule has 0 aromatic carbocycles. The standard InChI is InChI=1S/C7H9NO4/c1-3-11-6(9)5-4-8(2)12-7(5)10/h4H,3H2,1-2H3. The van der Waals surface area contributed by atoms with Crippen LogP contribution in [-0.2, 0) is 11.8 Å². The Morgan fingerprint density at radius 2 is 2.42 bits per heavy atom. The van der Waals surface area contributed by atoms with Gasteiger partial charge in [0.2, 0.25) is 0 Å². The van der Waals surface area contributed by atoms with Crippen LogP contribution in [0.4, 0.5) is 0 Å². The van der Waals surface area contributed by atoms with E-state index in [2.05, 4.69) is 9.26 Å². The predicted octanol–water partition coefficient (Wildman–Crippen LogP) is 0.155. The van der Waals surface area contributed by atoms with Gasteiger partial charge < -0.3 is 9.26 Å². The molecule has 0 amide bonds. The van der Waals surface area contributed by atoms with Gasteiger partial charge in [-0.1, -0.05) is 0 Å². The van der Waals surface area contributed by atoms with E-state index in [0.717, 1.165) is 4.74 Å². The summed E-state index contributed by atoms with van der Waals surface area (Å²) >= 11 is 0. The molecule has 0 N–H and O–H groups in total. The second kappa shape index (κ2) is 3.25. The quantitative estimate of drug-likeness (QED) is 0.594. The van der Waals surface area contributed by atoms with E-state index in [4.69, 9.17) is 0 Å². The number of carbonyl (C=O) groups is 1. The van der Waals surface area contributed by atoms with Crippen LogP contribution in [0.5, 0.6) is 0 Å². The fourth-order valence-corrected chi connectivity index (χ4v) is 0.786. The molecule has 0 aliphatic rings. The van der Waals surface area contributed by atoms with Crippen molar-refractivity contribution in [2.45, 2.75) is 6.92 Å². The maximum absolute atomic E-state index is 11.0. The van der Waals surface area contributed by atoms with E-state index in [-0.39, 0.29) is 12.2 Å². The first kappa shape index (κ1) is 8.58. The number of hydrogen-bond acceptors (Lipinski definition) is 4. The van der Waals surface area contributed by atoms with Crippen LogP contribution in [0.15, 0.2) is 15.5 Å². The lowest BCUT2D eigenvalue weighted by Gasteiger charge is -1.94. The van der Waals surface area contributed by atoms with E-state index in [9.17, 15) is 9.59 Å². The van der Waals surface area contributed by atoms with Crippen molar-refractivity contribution in [3.8, 4) is 0 Å². The zero-order chi connectivity index (χ0) is 9.14. The summed E-state index contributed by atoms with van der Waals surface area (Å²) in [4.78, 5) is 21.9. The van der Waals surface area contributed by atoms with Gasteiger partial charge in [0.05, 0.1) is 12.8 Å². The van der Waals surface area contributed by atoms with E-state index in [0.29, 0.717) is 0 Å². The summed E-state index contributed by atoms with van der Waals surface area (Å²) in [5.41, 5.74) is -0.740. The Bertz CT molecular complexity index is 335. The van der Waals surface area contributed by atoms with Gasteiger partial charge in [0.25, 0.3) is 0 Å². The smallest absolute Gasteiger partial charge is 0.372 e. The zero-order valence-electron chi connectivity index (χ0n) is 6.86. The van der Waals surface area contributed by atoms with Crippen LogP contribution in [0.1, 0.15) is 17.3 Å². The fourth-order valence-electron chi connectivity index (χ4n) is 0.786. The Hall–Kier alpha value is -1.52. The monoisotopic (exact) mass is 171 g/mol. The van der Waals surface area contributed by atoms with Crippen LogP contribution in [-0.4, -0.2) is 17.3 Å². The van der Waals surface area contributed by atoms with E-state index >= 15 is 0 Å². The second-order valence-corrected chi connectivity index (χ2v) is 2.19. The lowest BCUT2D eigenvalue weighted by molar-refractivity contribution is 0.0523. The van der Waals surface area contributed by atoms with E-state index in [1.807, 2.05) is 0 Å². The molecule has 0 saturated carbocycles. The number of carbonyl (C=O) groups excluding carboxylic acids is 1. The molecule has 0 bridgehead atoms. The Labute approximate surface area is 68.5 Å². The molecule has 0 spiro atoms. The van der Waals surface area contributed by atoms with Crippen LogP contribution >= 0.6 is 0 Å². The van der Waals surface area contributed by atoms with Crippen molar-refractivity contribution in [1.82, 2.24) is 4.74 Å². The lowest BCUT2D eigenvalue weighted by atomic mass is 10.4. The fraction of sp³-hybridized carbons (Fsp3) is 0.429. The van der Waals surface area contributed by atoms with Gasteiger partial charge in [-0.05, 0) is 6.92 Å². The molecule has 5 heteroatoms. The topological polar surface area (TPSA) is 61.4 Å². The van der Waals surface area contributed by atoms with E-state index in [1.54, 1.807) is 6.92 Å². The normalized spacial score (nSPS) is 9.83. The van der Waals surface area contributed by atoms with Crippen LogP contribution in [0, 0.1) is 0 Å². The van der Waals surface area contributed by atoms with E-state index in [1.165, 1.54) is 13.2 Å². The summed E-state index contributed by atoms with van der Waals surface area (Å²) in [7, 11) is 1.52. The number of rotatable bonds is 2. The van der Waals surface area contributed by atoms with Gasteiger partial charge in [0.1, 0.15) is 0 Å². The third kappa shape index (κ3) is 1.55. The molecule has 1 aromatic heterocycles. The van der Waals surface area contributed by atoms with E-state index < -0.39 is 11.6 Å². The molecule has 0 aliphatic carbocycles. The lowest BCUT2D eigenvalue weighted by Crippen LogP contribution is -2.12. The summed E-state index contributed by atoms with van der Waals surface area (Å²) in [5, 5.41) is 0. The van der Waals surface area contributed by atoms with Gasteiger partial charge in [-0.25, -0.2) is 14.3 Å². The summed E-state index contributed by atoms with van der Waals surface area (Å²) < 4.78 is 10.3. The summed E-state index contributed by atoms with van der Waals surface area (Å²) in [5.74, 6) is -0.646. The molecule has 66 valence electrons. The molecule has 1 rings (SSSR count). The number of aryl methyl sites for hydroxylation is 1. The highest BCUT2D eigenvalue weighted by molar-refractivity contribution is 5.88. The van der Waals surface area contributed by atoms with Gasteiger partial charge in [-0.2, -0.15) is 0 Å². The van der Waals surface area contributed by atoms with Crippen LogP contribution in [0.25, 0.3) is 0 Å². The molecule has 1 heterocycles. The first-order chi connectivity index (χ1) is 5.65. The third-order valence-electron chi connectivity index (χ3n) is 1.25. The molecule has 0 aliphatic heterocycles. The van der Waals surface area contributed by atoms with Crippen LogP contribution in [0.3, 0.4) is 0 Å². The molecule has 1 aromatic rings. The average molecular weight is 171 g/mol. The maximum atomic E-state index is 11.0. The highest BCUT2D eigenvalue weighted by Crippen LogP contribution is 1.94. The Morgan fingerprint density at radius 1 is 1.75 bits per heavy atom. The van der Waals surface area contributed by atoms with Gasteiger partial charge in [0, 0.05) is 7.05 Å². The molecule has 0 unspecified atom stereocenters. The third-order valence-corrected chi connectivity index (χ3v) is 1.25. The molecular formula is C7H9NO4. The maximum Gasteiger partial charge on any atom is 0.372 e. The minimum Gasteiger partial charge on any atom is -0.462 e. The Kier molecular flexibility index (Phi) is 2.32. The predicted molar refractivity (Wildman–Crippen MR) is 39.9 cm³/mol. The first-order valence-electron chi connectivity index (χ1n) is 3.49. The summed E-state index contributed by atoms with van der Waals surface area (Å²) in [6.45, 7) is 1.91. The molecule has 0 atom stereocenters. The molecule has 0 radical (unpaired) electrons. The van der Waals surface area contributed by atoms with Gasteiger partial charge in [0.15, 0.2) is 5.56 Å². The summed E-state index contributed by atoms with van der Waals surface area (Å²) in [6, 6.07) is 0. The van der Waals surface area contributed by atoms with Crippen molar-refractivity contribution in [1.29, 1.82) is 0 Å². The van der Waals surface area contributed by atoms with Crippen molar-refractivity contribution in [2.24, 2.45) is 7.05 Å². The Balaban J connectivity index is 2.95. The minimum atomic E-state index is -0.670. The number of hydrogen-bond donors (Lipinski definition) is 0. The molecule has 12 heavy (non-hydrogen) atoms. The van der Waals surface area contributed by atoms with Gasteiger partial charge in [-0.15, -0.1) is 0 Å². The number of nitrogens with zero attached hydrogens (tertiary/aromatic N) is 1. The molecule has 0 fully saturated rings. The number of aromatic nitrogens is 1. The average Bonchev–Trinajstić information content (AvgIpc) is 2.30. The van der Waals surface area contributed by atoms with Crippen LogP contribution in [0.2, 0.25) is 0 Å². The molecule has 5 nitrogen and oxygen atoms in total. The largest absolute Gasteiger partial charge is 0.462 e. The summed E-state index contributed by atoms with van der Waals surface area (Å²) in [6.07, 6.45) is 1.29. The second-order valence-electron chi connectivity index (χ2n) is 2.19. The minimum absolute atomic E-state index is 0.0700. The highest BCUT2D eigenvalue weighted by atomic mass is 16.5. The first-order valence-corrected chi connectivity index (χ1v) is 3.49. The zero-order valence-corrected chi connectivity index (χ0v) is 6.86. The van der Waals surface area contributed by atoms with Crippen molar-refractivity contribution < 1.29 is 14.1 Å². The van der Waals surface area contributed by atoms with Crippen molar-refractivity contribution >= 4 is 5.97 Å². The SMILES string of the molecule is CCOC(=O)c1cn(C)oc1=O. The Morgan fingerprint density at radius 3 is 2.83 bits per heavy atom. The van der Waals surface area contributed by atoms with Crippen molar-refractivity contribution in [3.05, 3.63) is 22.2 Å². The van der Waals surface area contributed by atoms with Gasteiger partial charge in [-0.3, -0.25) is 0 Å². The number of esters is 1. The van der Waals surface area contributed by atoms with Crippen molar-refractivity contribution in [3.63, 3.8) is 0 Å².